The summed E-state index contributed by atoms with van der Waals surface area (Å²) in [6, 6.07) is 7.16. The van der Waals surface area contributed by atoms with Crippen LogP contribution in [0.4, 0.5) is 5.69 Å². The Labute approximate surface area is 114 Å². The second-order valence-corrected chi connectivity index (χ2v) is 5.24. The minimum atomic E-state index is -0.720. The molecule has 1 atom stereocenters. The summed E-state index contributed by atoms with van der Waals surface area (Å²) in [5, 5.41) is 15.3. The summed E-state index contributed by atoms with van der Waals surface area (Å²) in [5.74, 6) is -0.720. The zero-order chi connectivity index (χ0) is 13.7. The van der Waals surface area contributed by atoms with E-state index in [1.54, 1.807) is 0 Å². The molecule has 0 amide bonds. The van der Waals surface area contributed by atoms with Crippen molar-refractivity contribution in [2.45, 2.75) is 38.6 Å². The SMILES string of the molecule is CC1Cc2cc(CCNCCCC(=O)O)ccc2N1. The lowest BCUT2D eigenvalue weighted by Gasteiger charge is -2.06. The number of anilines is 1. The molecule has 104 valence electrons. The normalized spacial score (nSPS) is 17.0. The summed E-state index contributed by atoms with van der Waals surface area (Å²) in [7, 11) is 0. The Kier molecular flexibility index (Phi) is 4.80. The van der Waals surface area contributed by atoms with Gasteiger partial charge in [-0.2, -0.15) is 0 Å². The third-order valence-electron chi connectivity index (χ3n) is 3.43. The molecule has 4 heteroatoms. The fourth-order valence-electron chi connectivity index (χ4n) is 2.48. The highest BCUT2D eigenvalue weighted by molar-refractivity contribution is 5.66. The quantitative estimate of drug-likeness (QED) is 0.658. The minimum absolute atomic E-state index is 0.245. The molecule has 1 aromatic carbocycles. The Morgan fingerprint density at radius 2 is 2.32 bits per heavy atom. The average Bonchev–Trinajstić information content (AvgIpc) is 2.72. The van der Waals surface area contributed by atoms with Crippen LogP contribution in [0.3, 0.4) is 0 Å². The molecule has 0 spiro atoms. The van der Waals surface area contributed by atoms with Gasteiger partial charge in [0.05, 0.1) is 0 Å². The Hall–Kier alpha value is -1.55. The maximum absolute atomic E-state index is 10.4. The lowest BCUT2D eigenvalue weighted by atomic mass is 10.0. The van der Waals surface area contributed by atoms with Crippen LogP contribution in [0.15, 0.2) is 18.2 Å². The fourth-order valence-corrected chi connectivity index (χ4v) is 2.48. The van der Waals surface area contributed by atoms with Gasteiger partial charge in [0.2, 0.25) is 0 Å². The van der Waals surface area contributed by atoms with Crippen LogP contribution >= 0.6 is 0 Å². The number of aliphatic carboxylic acids is 1. The number of rotatable bonds is 7. The van der Waals surface area contributed by atoms with Gasteiger partial charge in [-0.15, -0.1) is 0 Å². The number of benzene rings is 1. The highest BCUT2D eigenvalue weighted by atomic mass is 16.4. The van der Waals surface area contributed by atoms with Crippen LogP contribution in [0.25, 0.3) is 0 Å². The second-order valence-electron chi connectivity index (χ2n) is 5.24. The van der Waals surface area contributed by atoms with Crippen molar-refractivity contribution in [3.8, 4) is 0 Å². The predicted octanol–water partition coefficient (Wildman–Crippen LogP) is 2.04. The van der Waals surface area contributed by atoms with Crippen molar-refractivity contribution in [3.63, 3.8) is 0 Å². The molecule has 3 N–H and O–H groups in total. The second kappa shape index (κ2) is 6.57. The topological polar surface area (TPSA) is 61.4 Å². The summed E-state index contributed by atoms with van der Waals surface area (Å²) < 4.78 is 0. The highest BCUT2D eigenvalue weighted by Gasteiger charge is 2.16. The zero-order valence-electron chi connectivity index (χ0n) is 11.4. The molecule has 0 aliphatic carbocycles. The maximum Gasteiger partial charge on any atom is 0.303 e. The van der Waals surface area contributed by atoms with E-state index in [9.17, 15) is 4.79 Å². The van der Waals surface area contributed by atoms with Crippen molar-refractivity contribution in [3.05, 3.63) is 29.3 Å². The number of fused-ring (bicyclic) bond motifs is 1. The summed E-state index contributed by atoms with van der Waals surface area (Å²) in [5.41, 5.74) is 4.03. The van der Waals surface area contributed by atoms with Crippen molar-refractivity contribution in [2.75, 3.05) is 18.4 Å². The average molecular weight is 262 g/mol. The first kappa shape index (κ1) is 13.9. The van der Waals surface area contributed by atoms with Crippen molar-refractivity contribution < 1.29 is 9.90 Å². The molecule has 4 nitrogen and oxygen atoms in total. The molecule has 0 fully saturated rings. The van der Waals surface area contributed by atoms with E-state index in [1.807, 2.05) is 0 Å². The van der Waals surface area contributed by atoms with Crippen molar-refractivity contribution >= 4 is 11.7 Å². The van der Waals surface area contributed by atoms with Gasteiger partial charge in [0.25, 0.3) is 0 Å². The monoisotopic (exact) mass is 262 g/mol. The molecule has 0 saturated carbocycles. The van der Waals surface area contributed by atoms with Gasteiger partial charge in [-0.05, 0) is 56.5 Å². The van der Waals surface area contributed by atoms with Crippen molar-refractivity contribution in [1.29, 1.82) is 0 Å². The van der Waals surface area contributed by atoms with Gasteiger partial charge >= 0.3 is 5.97 Å². The molecular weight excluding hydrogens is 240 g/mol. The molecule has 1 unspecified atom stereocenters. The third kappa shape index (κ3) is 4.24. The van der Waals surface area contributed by atoms with Crippen LogP contribution in [0.1, 0.15) is 30.9 Å². The minimum Gasteiger partial charge on any atom is -0.481 e. The summed E-state index contributed by atoms with van der Waals surface area (Å²) >= 11 is 0. The summed E-state index contributed by atoms with van der Waals surface area (Å²) in [4.78, 5) is 10.4. The number of hydrogen-bond donors (Lipinski definition) is 3. The molecule has 1 aliphatic heterocycles. The predicted molar refractivity (Wildman–Crippen MR) is 76.7 cm³/mol. The van der Waals surface area contributed by atoms with Gasteiger partial charge < -0.3 is 15.7 Å². The van der Waals surface area contributed by atoms with Gasteiger partial charge in [-0.3, -0.25) is 4.79 Å². The summed E-state index contributed by atoms with van der Waals surface area (Å²) in [6.45, 7) is 3.88. The molecule has 0 radical (unpaired) electrons. The van der Waals surface area contributed by atoms with E-state index in [1.165, 1.54) is 16.8 Å². The zero-order valence-corrected chi connectivity index (χ0v) is 11.4. The van der Waals surface area contributed by atoms with Gasteiger partial charge in [0.1, 0.15) is 0 Å². The molecule has 1 aromatic rings. The number of nitrogens with one attached hydrogen (secondary N) is 2. The van der Waals surface area contributed by atoms with Crippen LogP contribution in [0, 0.1) is 0 Å². The Balaban J connectivity index is 1.69. The van der Waals surface area contributed by atoms with Gasteiger partial charge in [-0.25, -0.2) is 0 Å². The Morgan fingerprint density at radius 3 is 3.11 bits per heavy atom. The van der Waals surface area contributed by atoms with E-state index >= 15 is 0 Å². The van der Waals surface area contributed by atoms with E-state index in [4.69, 9.17) is 5.11 Å². The van der Waals surface area contributed by atoms with E-state index in [0.29, 0.717) is 12.5 Å². The van der Waals surface area contributed by atoms with Crippen molar-refractivity contribution in [2.24, 2.45) is 0 Å². The number of carboxylic acids is 1. The first-order valence-corrected chi connectivity index (χ1v) is 6.96. The van der Waals surface area contributed by atoms with Crippen LogP contribution in [-0.2, 0) is 17.6 Å². The summed E-state index contributed by atoms with van der Waals surface area (Å²) in [6.07, 6.45) is 3.04. The lowest BCUT2D eigenvalue weighted by molar-refractivity contribution is -0.137. The molecule has 0 bridgehead atoms. The highest BCUT2D eigenvalue weighted by Crippen LogP contribution is 2.26. The molecule has 2 rings (SSSR count). The van der Waals surface area contributed by atoms with Crippen molar-refractivity contribution in [1.82, 2.24) is 5.32 Å². The third-order valence-corrected chi connectivity index (χ3v) is 3.43. The molecule has 19 heavy (non-hydrogen) atoms. The molecule has 0 saturated heterocycles. The molecule has 0 aromatic heterocycles. The van der Waals surface area contributed by atoms with Gasteiger partial charge in [0.15, 0.2) is 0 Å². The molecule has 1 aliphatic rings. The molecular formula is C15H22N2O2. The van der Waals surface area contributed by atoms with E-state index < -0.39 is 5.97 Å². The number of carboxylic acid groups (broad SMARTS) is 1. The largest absolute Gasteiger partial charge is 0.481 e. The first-order valence-electron chi connectivity index (χ1n) is 6.96. The first-order chi connectivity index (χ1) is 9.15. The van der Waals surface area contributed by atoms with E-state index in [2.05, 4.69) is 35.8 Å². The van der Waals surface area contributed by atoms with E-state index in [-0.39, 0.29) is 6.42 Å². The van der Waals surface area contributed by atoms with E-state index in [0.717, 1.165) is 25.9 Å². The fraction of sp³-hybridized carbons (Fsp3) is 0.533. The van der Waals surface area contributed by atoms with Crippen LogP contribution < -0.4 is 10.6 Å². The Bertz CT molecular complexity index is 446. The van der Waals surface area contributed by atoms with Gasteiger partial charge in [-0.1, -0.05) is 12.1 Å². The Morgan fingerprint density at radius 1 is 1.47 bits per heavy atom. The maximum atomic E-state index is 10.4. The smallest absolute Gasteiger partial charge is 0.303 e. The molecule has 1 heterocycles. The van der Waals surface area contributed by atoms with Gasteiger partial charge in [0, 0.05) is 18.2 Å². The van der Waals surface area contributed by atoms with Crippen LogP contribution in [0.2, 0.25) is 0 Å². The number of carbonyl (C=O) groups is 1. The van der Waals surface area contributed by atoms with Crippen LogP contribution in [0.5, 0.6) is 0 Å². The van der Waals surface area contributed by atoms with Crippen LogP contribution in [-0.4, -0.2) is 30.2 Å². The lowest BCUT2D eigenvalue weighted by Crippen LogP contribution is -2.19. The number of hydrogen-bond acceptors (Lipinski definition) is 3. The standard InChI is InChI=1S/C15H22N2O2/c1-11-9-13-10-12(4-5-14(13)17-11)6-8-16-7-2-3-15(18)19/h4-5,10-11,16-17H,2-3,6-9H2,1H3,(H,18,19).